The van der Waals surface area contributed by atoms with Gasteiger partial charge >= 0.3 is 5.97 Å². The van der Waals surface area contributed by atoms with Crippen LogP contribution in [0.5, 0.6) is 0 Å². The molecule has 0 fully saturated rings. The highest BCUT2D eigenvalue weighted by atomic mass is 16.5. The van der Waals surface area contributed by atoms with Gasteiger partial charge in [-0.3, -0.25) is 14.4 Å². The third-order valence-electron chi connectivity index (χ3n) is 2.87. The van der Waals surface area contributed by atoms with E-state index in [9.17, 15) is 14.4 Å². The monoisotopic (exact) mass is 223 g/mol. The van der Waals surface area contributed by atoms with Gasteiger partial charge in [-0.1, -0.05) is 0 Å². The lowest BCUT2D eigenvalue weighted by Gasteiger charge is -2.13. The normalized spacial score (nSPS) is 20.2. The van der Waals surface area contributed by atoms with E-state index in [1.54, 1.807) is 0 Å². The third kappa shape index (κ3) is 1.73. The van der Waals surface area contributed by atoms with Crippen LogP contribution >= 0.6 is 0 Å². The summed E-state index contributed by atoms with van der Waals surface area (Å²) in [5.41, 5.74) is 1.23. The summed E-state index contributed by atoms with van der Waals surface area (Å²) in [7, 11) is 0. The van der Waals surface area contributed by atoms with Crippen molar-refractivity contribution in [3.8, 4) is 0 Å². The summed E-state index contributed by atoms with van der Waals surface area (Å²) in [6, 6.07) is 0. The lowest BCUT2D eigenvalue weighted by atomic mass is 9.93. The molecule has 2 aliphatic rings. The Bertz CT molecular complexity index is 369. The van der Waals surface area contributed by atoms with E-state index in [1.165, 1.54) is 6.92 Å². The minimum Gasteiger partial charge on any atom is -0.444 e. The van der Waals surface area contributed by atoms with Gasteiger partial charge in [0.25, 0.3) is 11.8 Å². The first-order valence-corrected chi connectivity index (χ1v) is 5.33. The molecule has 0 radical (unpaired) electrons. The van der Waals surface area contributed by atoms with Crippen molar-refractivity contribution in [2.24, 2.45) is 0 Å². The number of carbonyl (C=O) groups excluding carboxylic acids is 3. The second-order valence-corrected chi connectivity index (χ2v) is 3.97. The number of ether oxygens (including phenoxy) is 1. The van der Waals surface area contributed by atoms with E-state index in [-0.39, 0.29) is 18.5 Å². The number of hydrogen-bond acceptors (Lipinski definition) is 4. The number of hydrogen-bond donors (Lipinski definition) is 0. The lowest BCUT2D eigenvalue weighted by molar-refractivity contribution is -0.153. The van der Waals surface area contributed by atoms with Gasteiger partial charge in [-0.05, 0) is 25.7 Å². The molecule has 16 heavy (non-hydrogen) atoms. The van der Waals surface area contributed by atoms with Crippen LogP contribution in [0.25, 0.3) is 0 Å². The molecule has 1 aliphatic heterocycles. The first-order chi connectivity index (χ1) is 7.61. The standard InChI is InChI=1S/C11H13NO4/c1-7(13)16-6-12-10(14)8-4-2-3-5-9(8)11(12)15/h2-6H2,1H3. The molecule has 0 unspecified atom stereocenters. The van der Waals surface area contributed by atoms with Crippen LogP contribution in [0.1, 0.15) is 32.6 Å². The van der Waals surface area contributed by atoms with Crippen LogP contribution in [0.3, 0.4) is 0 Å². The summed E-state index contributed by atoms with van der Waals surface area (Å²) in [5.74, 6) is -1.08. The zero-order valence-electron chi connectivity index (χ0n) is 9.12. The summed E-state index contributed by atoms with van der Waals surface area (Å²) < 4.78 is 4.69. The number of amides is 2. The van der Waals surface area contributed by atoms with Crippen LogP contribution in [-0.2, 0) is 19.1 Å². The second-order valence-electron chi connectivity index (χ2n) is 3.97. The molecule has 0 aromatic heterocycles. The Morgan fingerprint density at radius 1 is 1.19 bits per heavy atom. The highest BCUT2D eigenvalue weighted by molar-refractivity contribution is 6.19. The van der Waals surface area contributed by atoms with Crippen molar-refractivity contribution >= 4 is 17.8 Å². The molecule has 0 N–H and O–H groups in total. The first kappa shape index (κ1) is 10.9. The van der Waals surface area contributed by atoms with Gasteiger partial charge in [0, 0.05) is 18.1 Å². The lowest BCUT2D eigenvalue weighted by Crippen LogP contribution is -2.34. The molecule has 1 heterocycles. The fourth-order valence-electron chi connectivity index (χ4n) is 2.07. The summed E-state index contributed by atoms with van der Waals surface area (Å²) in [6.45, 7) is 0.984. The highest BCUT2D eigenvalue weighted by Gasteiger charge is 2.38. The summed E-state index contributed by atoms with van der Waals surface area (Å²) in [4.78, 5) is 35.3. The minimum atomic E-state index is -0.495. The van der Waals surface area contributed by atoms with E-state index in [0.29, 0.717) is 24.0 Å². The van der Waals surface area contributed by atoms with Crippen LogP contribution in [0.2, 0.25) is 0 Å². The molecule has 1 aliphatic carbocycles. The Kier molecular flexibility index (Phi) is 2.77. The van der Waals surface area contributed by atoms with Crippen molar-refractivity contribution in [1.82, 2.24) is 4.90 Å². The van der Waals surface area contributed by atoms with Crippen molar-refractivity contribution in [3.05, 3.63) is 11.1 Å². The SMILES string of the molecule is CC(=O)OCN1C(=O)C2=C(CCCC2)C1=O. The van der Waals surface area contributed by atoms with Crippen molar-refractivity contribution in [1.29, 1.82) is 0 Å². The molecule has 2 amide bonds. The maximum Gasteiger partial charge on any atom is 0.304 e. The molecule has 0 saturated heterocycles. The topological polar surface area (TPSA) is 63.7 Å². The Balaban J connectivity index is 2.12. The predicted octanol–water partition coefficient (Wildman–Crippen LogP) is 0.746. The molecular weight excluding hydrogens is 210 g/mol. The molecular formula is C11H13NO4. The van der Waals surface area contributed by atoms with Gasteiger partial charge < -0.3 is 4.74 Å². The van der Waals surface area contributed by atoms with Gasteiger partial charge in [0.1, 0.15) is 0 Å². The average molecular weight is 223 g/mol. The van der Waals surface area contributed by atoms with Crippen LogP contribution in [0.15, 0.2) is 11.1 Å². The van der Waals surface area contributed by atoms with E-state index in [0.717, 1.165) is 17.7 Å². The molecule has 0 aromatic carbocycles. The molecule has 2 rings (SSSR count). The zero-order valence-corrected chi connectivity index (χ0v) is 9.12. The Hall–Kier alpha value is -1.65. The number of carbonyl (C=O) groups is 3. The molecule has 0 saturated carbocycles. The molecule has 0 atom stereocenters. The van der Waals surface area contributed by atoms with Crippen molar-refractivity contribution in [2.45, 2.75) is 32.6 Å². The maximum atomic E-state index is 11.8. The van der Waals surface area contributed by atoms with E-state index in [4.69, 9.17) is 4.74 Å². The smallest absolute Gasteiger partial charge is 0.304 e. The Labute approximate surface area is 93.0 Å². The molecule has 0 aromatic rings. The van der Waals surface area contributed by atoms with Crippen LogP contribution in [-0.4, -0.2) is 29.4 Å². The van der Waals surface area contributed by atoms with E-state index < -0.39 is 5.97 Å². The fraction of sp³-hybridized carbons (Fsp3) is 0.545. The zero-order chi connectivity index (χ0) is 11.7. The third-order valence-corrected chi connectivity index (χ3v) is 2.87. The Morgan fingerprint density at radius 2 is 1.69 bits per heavy atom. The first-order valence-electron chi connectivity index (χ1n) is 5.33. The average Bonchev–Trinajstić information content (AvgIpc) is 2.50. The second kappa shape index (κ2) is 4.08. The predicted molar refractivity (Wildman–Crippen MR) is 54.0 cm³/mol. The number of rotatable bonds is 2. The largest absolute Gasteiger partial charge is 0.444 e. The van der Waals surface area contributed by atoms with Crippen LogP contribution < -0.4 is 0 Å². The number of imide groups is 1. The fourth-order valence-corrected chi connectivity index (χ4v) is 2.07. The number of nitrogens with zero attached hydrogens (tertiary/aromatic N) is 1. The van der Waals surface area contributed by atoms with Crippen molar-refractivity contribution in [3.63, 3.8) is 0 Å². The van der Waals surface area contributed by atoms with Gasteiger partial charge in [-0.15, -0.1) is 0 Å². The van der Waals surface area contributed by atoms with Crippen LogP contribution in [0.4, 0.5) is 0 Å². The van der Waals surface area contributed by atoms with Gasteiger partial charge in [-0.25, -0.2) is 4.90 Å². The van der Waals surface area contributed by atoms with Gasteiger partial charge in [-0.2, -0.15) is 0 Å². The van der Waals surface area contributed by atoms with E-state index in [1.807, 2.05) is 0 Å². The summed E-state index contributed by atoms with van der Waals surface area (Å²) in [6.07, 6.45) is 3.21. The molecule has 5 nitrogen and oxygen atoms in total. The van der Waals surface area contributed by atoms with Crippen LogP contribution in [0, 0.1) is 0 Å². The van der Waals surface area contributed by atoms with Crippen molar-refractivity contribution in [2.75, 3.05) is 6.73 Å². The molecule has 0 bridgehead atoms. The van der Waals surface area contributed by atoms with E-state index >= 15 is 0 Å². The summed E-state index contributed by atoms with van der Waals surface area (Å²) >= 11 is 0. The minimum absolute atomic E-state index is 0.264. The van der Waals surface area contributed by atoms with Gasteiger partial charge in [0.05, 0.1) is 0 Å². The highest BCUT2D eigenvalue weighted by Crippen LogP contribution is 2.32. The molecule has 86 valence electrons. The molecule has 5 heteroatoms. The van der Waals surface area contributed by atoms with Gasteiger partial charge in [0.15, 0.2) is 6.73 Å². The van der Waals surface area contributed by atoms with Gasteiger partial charge in [0.2, 0.25) is 0 Å². The van der Waals surface area contributed by atoms with E-state index in [2.05, 4.69) is 0 Å². The molecule has 0 spiro atoms. The van der Waals surface area contributed by atoms with Crippen molar-refractivity contribution < 1.29 is 19.1 Å². The quantitative estimate of drug-likeness (QED) is 0.511. The Morgan fingerprint density at radius 3 is 2.12 bits per heavy atom. The maximum absolute atomic E-state index is 11.8. The number of esters is 1. The summed E-state index contributed by atoms with van der Waals surface area (Å²) in [5, 5.41) is 0.